The monoisotopic (exact) mass is 259 g/mol. The summed E-state index contributed by atoms with van der Waals surface area (Å²) in [6.45, 7) is 3.73. The van der Waals surface area contributed by atoms with Crippen molar-refractivity contribution in [3.8, 4) is 0 Å². The first kappa shape index (κ1) is 12.6. The van der Waals surface area contributed by atoms with Crippen LogP contribution >= 0.6 is 11.8 Å². The van der Waals surface area contributed by atoms with E-state index < -0.39 is 0 Å². The first-order valence-electron chi connectivity index (χ1n) is 5.57. The van der Waals surface area contributed by atoms with Gasteiger partial charge in [-0.3, -0.25) is 4.98 Å². The van der Waals surface area contributed by atoms with Crippen LogP contribution in [0, 0.1) is 0 Å². The summed E-state index contributed by atoms with van der Waals surface area (Å²) in [7, 11) is 0. The van der Waals surface area contributed by atoms with Crippen molar-refractivity contribution in [3.63, 3.8) is 0 Å². The van der Waals surface area contributed by atoms with E-state index in [9.17, 15) is 4.79 Å². The van der Waals surface area contributed by atoms with Gasteiger partial charge in [-0.25, -0.2) is 4.79 Å². The molecule has 0 atom stereocenters. The summed E-state index contributed by atoms with van der Waals surface area (Å²) in [5, 5.41) is 1.13. The third-order valence-corrected chi connectivity index (χ3v) is 3.40. The smallest absolute Gasteiger partial charge is 0.330 e. The van der Waals surface area contributed by atoms with Gasteiger partial charge < -0.3 is 4.74 Å². The van der Waals surface area contributed by atoms with Crippen LogP contribution in [-0.2, 0) is 9.53 Å². The molecule has 0 bridgehead atoms. The minimum Gasteiger partial charge on any atom is -0.462 e. The fourth-order valence-corrected chi connectivity index (χ4v) is 2.42. The molecule has 0 unspecified atom stereocenters. The van der Waals surface area contributed by atoms with Crippen molar-refractivity contribution < 1.29 is 9.53 Å². The second kappa shape index (κ2) is 6.21. The highest BCUT2D eigenvalue weighted by atomic mass is 32.2. The molecule has 0 amide bonds. The lowest BCUT2D eigenvalue weighted by Gasteiger charge is -2.05. The van der Waals surface area contributed by atoms with Crippen LogP contribution < -0.4 is 0 Å². The van der Waals surface area contributed by atoms with Crippen LogP contribution in [0.3, 0.4) is 0 Å². The number of nitrogens with zero attached hydrogens (tertiary/aromatic N) is 1. The van der Waals surface area contributed by atoms with E-state index in [0.29, 0.717) is 12.4 Å². The normalized spacial score (nSPS) is 10.2. The van der Waals surface area contributed by atoms with Crippen molar-refractivity contribution in [1.29, 1.82) is 0 Å². The SMILES string of the molecule is C=CC(=O)OCCSc1ccnc2ccccc12. The maximum absolute atomic E-state index is 10.9. The molecular formula is C14H13NO2S. The molecule has 0 saturated carbocycles. The zero-order valence-corrected chi connectivity index (χ0v) is 10.7. The molecule has 1 aromatic heterocycles. The quantitative estimate of drug-likeness (QED) is 0.358. The van der Waals surface area contributed by atoms with Crippen LogP contribution in [0.1, 0.15) is 0 Å². The van der Waals surface area contributed by atoms with Gasteiger partial charge in [-0.1, -0.05) is 24.8 Å². The highest BCUT2D eigenvalue weighted by Crippen LogP contribution is 2.26. The van der Waals surface area contributed by atoms with Crippen LogP contribution in [-0.4, -0.2) is 23.3 Å². The Labute approximate surface area is 110 Å². The molecule has 18 heavy (non-hydrogen) atoms. The first-order chi connectivity index (χ1) is 8.81. The summed E-state index contributed by atoms with van der Waals surface area (Å²) >= 11 is 1.65. The summed E-state index contributed by atoms with van der Waals surface area (Å²) in [6.07, 6.45) is 2.97. The molecule has 3 nitrogen and oxygen atoms in total. The van der Waals surface area contributed by atoms with Gasteiger partial charge in [0.2, 0.25) is 0 Å². The van der Waals surface area contributed by atoms with Gasteiger partial charge in [-0.15, -0.1) is 11.8 Å². The lowest BCUT2D eigenvalue weighted by Crippen LogP contribution is -2.03. The van der Waals surface area contributed by atoms with E-state index in [1.165, 1.54) is 6.08 Å². The largest absolute Gasteiger partial charge is 0.462 e. The van der Waals surface area contributed by atoms with Crippen LogP contribution in [0.4, 0.5) is 0 Å². The van der Waals surface area contributed by atoms with Crippen molar-refractivity contribution in [1.82, 2.24) is 4.98 Å². The summed E-state index contributed by atoms with van der Waals surface area (Å²) in [6, 6.07) is 9.96. The van der Waals surface area contributed by atoms with E-state index in [2.05, 4.69) is 11.6 Å². The molecule has 0 aliphatic carbocycles. The number of thioether (sulfide) groups is 1. The number of benzene rings is 1. The minimum atomic E-state index is -0.379. The number of aromatic nitrogens is 1. The maximum atomic E-state index is 10.9. The summed E-state index contributed by atoms with van der Waals surface area (Å²) in [5.41, 5.74) is 0.977. The summed E-state index contributed by atoms with van der Waals surface area (Å²) in [5.74, 6) is 0.336. The molecule has 0 N–H and O–H groups in total. The number of rotatable bonds is 5. The van der Waals surface area contributed by atoms with Gasteiger partial charge in [-0.05, 0) is 12.1 Å². The lowest BCUT2D eigenvalue weighted by molar-refractivity contribution is -0.137. The first-order valence-corrected chi connectivity index (χ1v) is 6.55. The highest BCUT2D eigenvalue weighted by Gasteiger charge is 2.02. The fraction of sp³-hybridized carbons (Fsp3) is 0.143. The number of hydrogen-bond acceptors (Lipinski definition) is 4. The van der Waals surface area contributed by atoms with E-state index in [1.807, 2.05) is 30.3 Å². The zero-order chi connectivity index (χ0) is 12.8. The van der Waals surface area contributed by atoms with Crippen LogP contribution in [0.15, 0.2) is 54.1 Å². The average molecular weight is 259 g/mol. The highest BCUT2D eigenvalue weighted by molar-refractivity contribution is 7.99. The molecule has 0 radical (unpaired) electrons. The van der Waals surface area contributed by atoms with E-state index in [-0.39, 0.29) is 5.97 Å². The third kappa shape index (κ3) is 3.11. The Bertz CT molecular complexity index is 563. The molecule has 0 aliphatic rings. The van der Waals surface area contributed by atoms with E-state index >= 15 is 0 Å². The number of carbonyl (C=O) groups is 1. The van der Waals surface area contributed by atoms with E-state index in [1.54, 1.807) is 18.0 Å². The fourth-order valence-electron chi connectivity index (χ4n) is 1.55. The third-order valence-electron chi connectivity index (χ3n) is 2.36. The molecule has 4 heteroatoms. The molecular weight excluding hydrogens is 246 g/mol. The van der Waals surface area contributed by atoms with E-state index in [0.717, 1.165) is 15.8 Å². The standard InChI is InChI=1S/C14H13NO2S/c1-2-14(16)17-9-10-18-13-7-8-15-12-6-4-3-5-11(12)13/h2-8H,1,9-10H2. The molecule has 1 heterocycles. The molecule has 0 aliphatic heterocycles. The Morgan fingerprint density at radius 3 is 3.06 bits per heavy atom. The van der Waals surface area contributed by atoms with Gasteiger partial charge in [0.25, 0.3) is 0 Å². The van der Waals surface area contributed by atoms with Gasteiger partial charge >= 0.3 is 5.97 Å². The number of para-hydroxylation sites is 1. The second-order valence-corrected chi connectivity index (χ2v) is 4.68. The van der Waals surface area contributed by atoms with Gasteiger partial charge in [0.05, 0.1) is 5.52 Å². The number of fused-ring (bicyclic) bond motifs is 1. The van der Waals surface area contributed by atoms with Crippen molar-refractivity contribution in [2.45, 2.75) is 4.90 Å². The number of esters is 1. The maximum Gasteiger partial charge on any atom is 0.330 e. The Hall–Kier alpha value is -1.81. The number of carbonyl (C=O) groups excluding carboxylic acids is 1. The van der Waals surface area contributed by atoms with Crippen molar-refractivity contribution in [2.24, 2.45) is 0 Å². The Morgan fingerprint density at radius 1 is 1.39 bits per heavy atom. The van der Waals surface area contributed by atoms with Gasteiger partial charge in [-0.2, -0.15) is 0 Å². The summed E-state index contributed by atoms with van der Waals surface area (Å²) in [4.78, 5) is 16.3. The minimum absolute atomic E-state index is 0.379. The Balaban J connectivity index is 1.99. The van der Waals surface area contributed by atoms with Gasteiger partial charge in [0.1, 0.15) is 6.61 Å². The predicted molar refractivity (Wildman–Crippen MR) is 73.6 cm³/mol. The molecule has 0 spiro atoms. The number of ether oxygens (including phenoxy) is 1. The Morgan fingerprint density at radius 2 is 2.22 bits per heavy atom. The molecule has 92 valence electrons. The van der Waals surface area contributed by atoms with Gasteiger partial charge in [0.15, 0.2) is 0 Å². The zero-order valence-electron chi connectivity index (χ0n) is 9.83. The van der Waals surface area contributed by atoms with Crippen molar-refractivity contribution >= 4 is 28.6 Å². The topological polar surface area (TPSA) is 39.2 Å². The van der Waals surface area contributed by atoms with Crippen molar-refractivity contribution in [2.75, 3.05) is 12.4 Å². The molecule has 0 fully saturated rings. The van der Waals surface area contributed by atoms with Gasteiger partial charge in [0, 0.05) is 28.3 Å². The summed E-state index contributed by atoms with van der Waals surface area (Å²) < 4.78 is 4.93. The Kier molecular flexibility index (Phi) is 4.36. The predicted octanol–water partition coefficient (Wildman–Crippen LogP) is 3.06. The van der Waals surface area contributed by atoms with E-state index in [4.69, 9.17) is 4.74 Å². The molecule has 0 saturated heterocycles. The van der Waals surface area contributed by atoms with Crippen LogP contribution in [0.25, 0.3) is 10.9 Å². The number of hydrogen-bond donors (Lipinski definition) is 0. The molecule has 2 aromatic rings. The van der Waals surface area contributed by atoms with Crippen LogP contribution in [0.2, 0.25) is 0 Å². The number of pyridine rings is 1. The average Bonchev–Trinajstić information content (AvgIpc) is 2.43. The van der Waals surface area contributed by atoms with Crippen LogP contribution in [0.5, 0.6) is 0 Å². The lowest BCUT2D eigenvalue weighted by atomic mass is 10.2. The molecule has 2 rings (SSSR count). The molecule has 1 aromatic carbocycles. The van der Waals surface area contributed by atoms with Crippen molar-refractivity contribution in [3.05, 3.63) is 49.2 Å². The second-order valence-electron chi connectivity index (χ2n) is 3.55.